The van der Waals surface area contributed by atoms with E-state index in [1.807, 2.05) is 11.8 Å². The molecule has 2 aliphatic rings. The molecule has 0 radical (unpaired) electrons. The van der Waals surface area contributed by atoms with Crippen molar-refractivity contribution in [3.8, 4) is 0 Å². The van der Waals surface area contributed by atoms with Gasteiger partial charge in [-0.1, -0.05) is 18.2 Å². The van der Waals surface area contributed by atoms with E-state index in [4.69, 9.17) is 4.74 Å². The lowest BCUT2D eigenvalue weighted by molar-refractivity contribution is -0.138. The second-order valence-electron chi connectivity index (χ2n) is 8.94. The van der Waals surface area contributed by atoms with Gasteiger partial charge in [0.2, 0.25) is 0 Å². The third-order valence-corrected chi connectivity index (χ3v) is 6.66. The van der Waals surface area contributed by atoms with Crippen molar-refractivity contribution in [2.24, 2.45) is 5.92 Å². The fraction of sp³-hybridized carbons (Fsp3) is 0.478. The van der Waals surface area contributed by atoms with E-state index in [1.54, 1.807) is 24.4 Å². The number of nitrogens with zero attached hydrogens (tertiary/aromatic N) is 4. The van der Waals surface area contributed by atoms with Crippen molar-refractivity contribution in [3.05, 3.63) is 64.9 Å². The molecule has 0 spiro atoms. The van der Waals surface area contributed by atoms with Crippen LogP contribution in [0.3, 0.4) is 0 Å². The third kappa shape index (κ3) is 3.77. The van der Waals surface area contributed by atoms with Gasteiger partial charge in [-0.3, -0.25) is 9.30 Å². The van der Waals surface area contributed by atoms with E-state index in [0.29, 0.717) is 36.6 Å². The highest BCUT2D eigenvalue weighted by Gasteiger charge is 2.43. The van der Waals surface area contributed by atoms with Gasteiger partial charge in [0, 0.05) is 24.8 Å². The van der Waals surface area contributed by atoms with E-state index in [2.05, 4.69) is 10.2 Å². The van der Waals surface area contributed by atoms with Crippen molar-refractivity contribution in [2.45, 2.75) is 44.4 Å². The third-order valence-electron chi connectivity index (χ3n) is 6.66. The Morgan fingerprint density at radius 3 is 2.72 bits per heavy atom. The zero-order chi connectivity index (χ0) is 22.5. The van der Waals surface area contributed by atoms with Gasteiger partial charge in [-0.2, -0.15) is 13.2 Å². The maximum Gasteiger partial charge on any atom is 0.420 e. The summed E-state index contributed by atoms with van der Waals surface area (Å²) in [4.78, 5) is 1.91. The maximum absolute atomic E-state index is 14.7. The summed E-state index contributed by atoms with van der Waals surface area (Å²) < 4.78 is 64.8. The Labute approximate surface area is 183 Å². The predicted molar refractivity (Wildman–Crippen MR) is 109 cm³/mol. The summed E-state index contributed by atoms with van der Waals surface area (Å²) in [5.41, 5.74) is -0.587. The van der Waals surface area contributed by atoms with Crippen LogP contribution in [0.5, 0.6) is 0 Å². The summed E-state index contributed by atoms with van der Waals surface area (Å²) in [7, 11) is 0. The largest absolute Gasteiger partial charge is 0.420 e. The summed E-state index contributed by atoms with van der Waals surface area (Å²) in [5.74, 6) is -0.000868. The molecule has 1 saturated heterocycles. The zero-order valence-corrected chi connectivity index (χ0v) is 17.7. The number of hydrogen-bond acceptors (Lipinski definition) is 4. The number of fused-ring (bicyclic) bond motifs is 1. The van der Waals surface area contributed by atoms with E-state index in [1.165, 1.54) is 16.8 Å². The minimum Gasteiger partial charge on any atom is -0.378 e. The van der Waals surface area contributed by atoms with Crippen molar-refractivity contribution in [1.82, 2.24) is 19.5 Å². The number of hydrogen-bond donors (Lipinski definition) is 0. The lowest BCUT2D eigenvalue weighted by Crippen LogP contribution is -2.52. The average Bonchev–Trinajstić information content (AvgIpc) is 3.43. The number of morpholine rings is 1. The van der Waals surface area contributed by atoms with Crippen LogP contribution in [0.2, 0.25) is 0 Å². The molecule has 1 aliphatic carbocycles. The van der Waals surface area contributed by atoms with Crippen molar-refractivity contribution in [3.63, 3.8) is 0 Å². The number of ether oxygens (including phenoxy) is 1. The van der Waals surface area contributed by atoms with Crippen LogP contribution in [-0.2, 0) is 29.4 Å². The van der Waals surface area contributed by atoms with Gasteiger partial charge < -0.3 is 4.74 Å². The molecule has 2 fully saturated rings. The fourth-order valence-electron chi connectivity index (χ4n) is 4.72. The number of alkyl halides is 3. The molecule has 1 aliphatic heterocycles. The second-order valence-corrected chi connectivity index (χ2v) is 8.94. The Hall–Kier alpha value is -2.52. The molecule has 1 saturated carbocycles. The van der Waals surface area contributed by atoms with Crippen LogP contribution in [0, 0.1) is 11.7 Å². The molecule has 1 atom stereocenters. The van der Waals surface area contributed by atoms with Crippen LogP contribution in [0.1, 0.15) is 42.0 Å². The minimum atomic E-state index is -4.59. The van der Waals surface area contributed by atoms with Gasteiger partial charge in [0.25, 0.3) is 0 Å². The highest BCUT2D eigenvalue weighted by molar-refractivity contribution is 5.55. The van der Waals surface area contributed by atoms with Crippen molar-refractivity contribution < 1.29 is 22.3 Å². The molecule has 5 nitrogen and oxygen atoms in total. The molecule has 3 aromatic rings. The topological polar surface area (TPSA) is 42.7 Å². The second kappa shape index (κ2) is 7.81. The molecule has 0 N–H and O–H groups in total. The maximum atomic E-state index is 14.7. The van der Waals surface area contributed by atoms with E-state index in [-0.39, 0.29) is 24.4 Å². The molecular weight excluding hydrogens is 424 g/mol. The highest BCUT2D eigenvalue weighted by atomic mass is 19.4. The molecule has 32 heavy (non-hydrogen) atoms. The summed E-state index contributed by atoms with van der Waals surface area (Å²) >= 11 is 0. The first-order chi connectivity index (χ1) is 15.3. The fourth-order valence-corrected chi connectivity index (χ4v) is 4.72. The highest BCUT2D eigenvalue weighted by Crippen LogP contribution is 2.42. The van der Waals surface area contributed by atoms with E-state index < -0.39 is 23.1 Å². The van der Waals surface area contributed by atoms with Gasteiger partial charge in [-0.15, -0.1) is 10.2 Å². The smallest absolute Gasteiger partial charge is 0.378 e. The minimum absolute atomic E-state index is 0.0223. The Morgan fingerprint density at radius 1 is 1.22 bits per heavy atom. The lowest BCUT2D eigenvalue weighted by atomic mass is 9.87. The molecule has 0 unspecified atom stereocenters. The number of halogens is 4. The van der Waals surface area contributed by atoms with Gasteiger partial charge in [-0.05, 0) is 49.3 Å². The molecule has 170 valence electrons. The van der Waals surface area contributed by atoms with Crippen LogP contribution in [0.15, 0.2) is 36.8 Å². The van der Waals surface area contributed by atoms with Crippen LogP contribution in [0.25, 0.3) is 5.65 Å². The first-order valence-corrected chi connectivity index (χ1v) is 10.8. The first-order valence-electron chi connectivity index (χ1n) is 10.8. The van der Waals surface area contributed by atoms with Crippen LogP contribution >= 0.6 is 0 Å². The van der Waals surface area contributed by atoms with Gasteiger partial charge in [0.1, 0.15) is 17.7 Å². The molecular formula is C23H24F4N4O. The molecule has 2 aromatic heterocycles. The summed E-state index contributed by atoms with van der Waals surface area (Å²) in [5, 5.41) is 7.49. The Bertz CT molecular complexity index is 1140. The van der Waals surface area contributed by atoms with Crippen molar-refractivity contribution in [2.75, 3.05) is 19.8 Å². The van der Waals surface area contributed by atoms with Gasteiger partial charge >= 0.3 is 6.18 Å². The predicted octanol–water partition coefficient (Wildman–Crippen LogP) is 4.59. The SMILES string of the molecule is C[C@@]1(c2ccccc2F)COCCN1Cc1c(CC2CC2)cn2cnnc2c1C(F)(F)F. The number of aromatic nitrogens is 3. The molecule has 5 rings (SSSR count). The lowest BCUT2D eigenvalue weighted by Gasteiger charge is -2.45. The molecule has 1 aromatic carbocycles. The summed E-state index contributed by atoms with van der Waals surface area (Å²) in [6.07, 6.45) is 1.05. The average molecular weight is 448 g/mol. The first kappa shape index (κ1) is 21.3. The Kier molecular flexibility index (Phi) is 5.21. The normalized spacial score (nSPS) is 22.5. The van der Waals surface area contributed by atoms with Gasteiger partial charge in [0.05, 0.1) is 18.8 Å². The summed E-state index contributed by atoms with van der Waals surface area (Å²) in [6.45, 7) is 2.81. The van der Waals surface area contributed by atoms with E-state index >= 15 is 0 Å². The zero-order valence-electron chi connectivity index (χ0n) is 17.7. The summed E-state index contributed by atoms with van der Waals surface area (Å²) in [6, 6.07) is 6.38. The van der Waals surface area contributed by atoms with Crippen LogP contribution in [0.4, 0.5) is 17.6 Å². The molecule has 9 heteroatoms. The number of benzene rings is 1. The van der Waals surface area contributed by atoms with Crippen molar-refractivity contribution in [1.29, 1.82) is 0 Å². The van der Waals surface area contributed by atoms with E-state index in [0.717, 1.165) is 12.8 Å². The van der Waals surface area contributed by atoms with Crippen LogP contribution in [-0.4, -0.2) is 39.3 Å². The molecule has 0 bridgehead atoms. The number of rotatable bonds is 5. The quantitative estimate of drug-likeness (QED) is 0.536. The molecule has 3 heterocycles. The van der Waals surface area contributed by atoms with Gasteiger partial charge in [-0.25, -0.2) is 4.39 Å². The Balaban J connectivity index is 1.64. The number of pyridine rings is 1. The van der Waals surface area contributed by atoms with Gasteiger partial charge in [0.15, 0.2) is 5.65 Å². The monoisotopic (exact) mass is 448 g/mol. The van der Waals surface area contributed by atoms with Crippen LogP contribution < -0.4 is 0 Å². The van der Waals surface area contributed by atoms with E-state index in [9.17, 15) is 17.6 Å². The Morgan fingerprint density at radius 2 is 2.00 bits per heavy atom. The molecule has 0 amide bonds. The standard InChI is InChI=1S/C23H24F4N4O/c1-22(18-4-2-3-5-19(18)24)13-32-9-8-31(22)12-17-16(10-15-6-7-15)11-30-14-28-29-21(30)20(17)23(25,26)27/h2-5,11,14-15H,6-10,12-13H2,1H3/t22-/m0/s1. The van der Waals surface area contributed by atoms with Crippen molar-refractivity contribution >= 4 is 5.65 Å².